The summed E-state index contributed by atoms with van der Waals surface area (Å²) in [6.45, 7) is 2.00. The van der Waals surface area contributed by atoms with Crippen LogP contribution < -0.4 is 0 Å². The Morgan fingerprint density at radius 3 is 2.50 bits per heavy atom. The van der Waals surface area contributed by atoms with Crippen LogP contribution in [0.3, 0.4) is 0 Å². The van der Waals surface area contributed by atoms with Gasteiger partial charge in [-0.3, -0.25) is 4.90 Å². The highest BCUT2D eigenvalue weighted by Gasteiger charge is 2.31. The minimum Gasteiger partial charge on any atom is -0.457 e. The molecular formula is C16H22ClNO2. The van der Waals surface area contributed by atoms with Crippen LogP contribution in [0, 0.1) is 0 Å². The molecule has 110 valence electrons. The Morgan fingerprint density at radius 1 is 1.10 bits per heavy atom. The Kier molecular flexibility index (Phi) is 5.44. The summed E-state index contributed by atoms with van der Waals surface area (Å²) in [7, 11) is 0. The molecule has 1 aliphatic heterocycles. The fourth-order valence-corrected chi connectivity index (χ4v) is 3.24. The molecule has 0 amide bonds. The van der Waals surface area contributed by atoms with E-state index in [-0.39, 0.29) is 24.5 Å². The molecule has 1 aromatic carbocycles. The molecule has 1 atom stereocenters. The lowest BCUT2D eigenvalue weighted by atomic mass is 10.2. The van der Waals surface area contributed by atoms with Crippen molar-refractivity contribution in [1.82, 2.24) is 4.90 Å². The number of ether oxygens (including phenoxy) is 1. The average molecular weight is 296 g/mol. The van der Waals surface area contributed by atoms with Gasteiger partial charge < -0.3 is 4.74 Å². The van der Waals surface area contributed by atoms with Crippen molar-refractivity contribution in [3.8, 4) is 0 Å². The van der Waals surface area contributed by atoms with Crippen molar-refractivity contribution in [3.05, 3.63) is 35.9 Å². The number of hydrogen-bond donors (Lipinski definition) is 0. The second-order valence-electron chi connectivity index (χ2n) is 5.62. The van der Waals surface area contributed by atoms with Crippen LogP contribution >= 0.6 is 12.4 Å². The van der Waals surface area contributed by atoms with E-state index in [2.05, 4.69) is 4.90 Å². The number of rotatable bonds is 3. The summed E-state index contributed by atoms with van der Waals surface area (Å²) in [5, 5.41) is 0. The molecule has 2 aliphatic rings. The van der Waals surface area contributed by atoms with Gasteiger partial charge in [0.15, 0.2) is 0 Å². The van der Waals surface area contributed by atoms with E-state index in [0.717, 1.165) is 25.6 Å². The van der Waals surface area contributed by atoms with Crippen molar-refractivity contribution in [2.24, 2.45) is 0 Å². The van der Waals surface area contributed by atoms with Crippen LogP contribution in [-0.4, -0.2) is 36.1 Å². The normalized spacial score (nSPS) is 23.5. The summed E-state index contributed by atoms with van der Waals surface area (Å²) >= 11 is 0. The lowest BCUT2D eigenvalue weighted by Crippen LogP contribution is -2.32. The van der Waals surface area contributed by atoms with Crippen molar-refractivity contribution in [2.45, 2.75) is 44.2 Å². The number of carbonyl (C=O) groups excluding carboxylic acids is 1. The SMILES string of the molecule is Cl.O=C(OC1CCN(C2CCCC2)C1)c1ccccc1. The maximum Gasteiger partial charge on any atom is 0.338 e. The minimum absolute atomic E-state index is 0. The molecule has 1 saturated heterocycles. The molecule has 1 aromatic rings. The second kappa shape index (κ2) is 7.09. The van der Waals surface area contributed by atoms with Gasteiger partial charge in [-0.25, -0.2) is 4.79 Å². The Hall–Kier alpha value is -1.06. The van der Waals surface area contributed by atoms with Crippen LogP contribution in [0.2, 0.25) is 0 Å². The van der Waals surface area contributed by atoms with Crippen LogP contribution in [0.5, 0.6) is 0 Å². The van der Waals surface area contributed by atoms with Gasteiger partial charge >= 0.3 is 5.97 Å². The molecule has 0 aromatic heterocycles. The topological polar surface area (TPSA) is 29.5 Å². The van der Waals surface area contributed by atoms with Gasteiger partial charge in [0.05, 0.1) is 5.56 Å². The fourth-order valence-electron chi connectivity index (χ4n) is 3.24. The molecule has 1 aliphatic carbocycles. The van der Waals surface area contributed by atoms with Crippen LogP contribution in [-0.2, 0) is 4.74 Å². The molecule has 0 spiro atoms. The smallest absolute Gasteiger partial charge is 0.338 e. The van der Waals surface area contributed by atoms with Crippen molar-refractivity contribution < 1.29 is 9.53 Å². The van der Waals surface area contributed by atoms with Gasteiger partial charge in [0.25, 0.3) is 0 Å². The van der Waals surface area contributed by atoms with Crippen LogP contribution in [0.15, 0.2) is 30.3 Å². The molecular weight excluding hydrogens is 274 g/mol. The largest absolute Gasteiger partial charge is 0.457 e. The zero-order valence-electron chi connectivity index (χ0n) is 11.7. The molecule has 4 heteroatoms. The van der Waals surface area contributed by atoms with Crippen molar-refractivity contribution >= 4 is 18.4 Å². The third-order valence-corrected chi connectivity index (χ3v) is 4.30. The van der Waals surface area contributed by atoms with Crippen molar-refractivity contribution in [3.63, 3.8) is 0 Å². The van der Waals surface area contributed by atoms with Gasteiger partial charge in [-0.1, -0.05) is 31.0 Å². The third kappa shape index (κ3) is 3.53. The van der Waals surface area contributed by atoms with Crippen LogP contribution in [0.4, 0.5) is 0 Å². The number of hydrogen-bond acceptors (Lipinski definition) is 3. The van der Waals surface area contributed by atoms with E-state index in [1.54, 1.807) is 0 Å². The Labute approximate surface area is 126 Å². The molecule has 20 heavy (non-hydrogen) atoms. The minimum atomic E-state index is -0.182. The highest BCUT2D eigenvalue weighted by Crippen LogP contribution is 2.27. The van der Waals surface area contributed by atoms with Gasteiger partial charge in [-0.15, -0.1) is 12.4 Å². The summed E-state index contributed by atoms with van der Waals surface area (Å²) in [6.07, 6.45) is 6.41. The van der Waals surface area contributed by atoms with E-state index in [9.17, 15) is 4.79 Å². The fraction of sp³-hybridized carbons (Fsp3) is 0.562. The summed E-state index contributed by atoms with van der Waals surface area (Å²) in [5.74, 6) is -0.182. The van der Waals surface area contributed by atoms with Gasteiger partial charge in [-0.05, 0) is 31.4 Å². The average Bonchev–Trinajstić information content (AvgIpc) is 3.10. The molecule has 0 radical (unpaired) electrons. The lowest BCUT2D eigenvalue weighted by Gasteiger charge is -2.23. The highest BCUT2D eigenvalue weighted by molar-refractivity contribution is 5.89. The third-order valence-electron chi connectivity index (χ3n) is 4.30. The standard InChI is InChI=1S/C16H21NO2.ClH/c18-16(13-6-2-1-3-7-13)19-15-10-11-17(12-15)14-8-4-5-9-14;/h1-3,6-7,14-15H,4-5,8-12H2;1H. The van der Waals surface area contributed by atoms with Gasteiger partial charge in [0.2, 0.25) is 0 Å². The van der Waals surface area contributed by atoms with Crippen molar-refractivity contribution in [1.29, 1.82) is 0 Å². The first-order valence-electron chi connectivity index (χ1n) is 7.33. The van der Waals surface area contributed by atoms with Gasteiger partial charge in [-0.2, -0.15) is 0 Å². The van der Waals surface area contributed by atoms with E-state index in [4.69, 9.17) is 4.74 Å². The van der Waals surface area contributed by atoms with Crippen LogP contribution in [0.1, 0.15) is 42.5 Å². The Balaban J connectivity index is 0.00000147. The first-order valence-corrected chi connectivity index (χ1v) is 7.33. The number of nitrogens with zero attached hydrogens (tertiary/aromatic N) is 1. The molecule has 2 fully saturated rings. The van der Waals surface area contributed by atoms with E-state index in [1.165, 1.54) is 25.7 Å². The summed E-state index contributed by atoms with van der Waals surface area (Å²) in [6, 6.07) is 10.0. The second-order valence-corrected chi connectivity index (χ2v) is 5.62. The van der Waals surface area contributed by atoms with Crippen molar-refractivity contribution in [2.75, 3.05) is 13.1 Å². The summed E-state index contributed by atoms with van der Waals surface area (Å²) in [4.78, 5) is 14.5. The first kappa shape index (κ1) is 15.3. The summed E-state index contributed by atoms with van der Waals surface area (Å²) < 4.78 is 5.61. The lowest BCUT2D eigenvalue weighted by molar-refractivity contribution is 0.0312. The zero-order valence-corrected chi connectivity index (χ0v) is 12.5. The van der Waals surface area contributed by atoms with Crippen LogP contribution in [0.25, 0.3) is 0 Å². The maximum absolute atomic E-state index is 12.0. The predicted octanol–water partition coefficient (Wildman–Crippen LogP) is 3.28. The molecule has 1 unspecified atom stereocenters. The van der Waals surface area contributed by atoms with E-state index >= 15 is 0 Å². The molecule has 1 heterocycles. The van der Waals surface area contributed by atoms with Gasteiger partial charge in [0.1, 0.15) is 6.10 Å². The molecule has 3 rings (SSSR count). The maximum atomic E-state index is 12.0. The molecule has 3 nitrogen and oxygen atoms in total. The first-order chi connectivity index (χ1) is 9.33. The van der Waals surface area contributed by atoms with E-state index in [0.29, 0.717) is 5.56 Å². The Bertz CT molecular complexity index is 431. The zero-order chi connectivity index (χ0) is 13.1. The monoisotopic (exact) mass is 295 g/mol. The predicted molar refractivity (Wildman–Crippen MR) is 81.3 cm³/mol. The number of esters is 1. The number of halogens is 1. The molecule has 1 saturated carbocycles. The molecule has 0 bridgehead atoms. The number of carbonyl (C=O) groups is 1. The quantitative estimate of drug-likeness (QED) is 0.802. The van der Waals surface area contributed by atoms with E-state index in [1.807, 2.05) is 30.3 Å². The molecule has 0 N–H and O–H groups in total. The Morgan fingerprint density at radius 2 is 1.80 bits per heavy atom. The van der Waals surface area contributed by atoms with Gasteiger partial charge in [0, 0.05) is 19.1 Å². The summed E-state index contributed by atoms with van der Waals surface area (Å²) in [5.41, 5.74) is 0.654. The van der Waals surface area contributed by atoms with E-state index < -0.39 is 0 Å². The number of likely N-dealkylation sites (tertiary alicyclic amines) is 1. The highest BCUT2D eigenvalue weighted by atomic mass is 35.5. The number of benzene rings is 1.